The Morgan fingerprint density at radius 1 is 1.14 bits per heavy atom. The predicted octanol–water partition coefficient (Wildman–Crippen LogP) is 4.67. The van der Waals surface area contributed by atoms with Gasteiger partial charge in [0.25, 0.3) is 0 Å². The molecule has 29 heavy (non-hydrogen) atoms. The van der Waals surface area contributed by atoms with Gasteiger partial charge in [-0.05, 0) is 36.2 Å². The van der Waals surface area contributed by atoms with Gasteiger partial charge in [-0.2, -0.15) is 5.10 Å². The maximum atomic E-state index is 11.8. The van der Waals surface area contributed by atoms with Crippen LogP contribution in [0.25, 0.3) is 22.2 Å². The van der Waals surface area contributed by atoms with E-state index in [9.17, 15) is 9.90 Å². The Morgan fingerprint density at radius 2 is 1.90 bits per heavy atom. The molecular formula is C23H23N3O3. The van der Waals surface area contributed by atoms with Crippen molar-refractivity contribution in [3.05, 3.63) is 72.1 Å². The van der Waals surface area contributed by atoms with Crippen LogP contribution < -0.4 is 4.74 Å². The Labute approximate surface area is 169 Å². The first-order chi connectivity index (χ1) is 14.1. The molecular weight excluding hydrogens is 366 g/mol. The molecule has 0 spiro atoms. The van der Waals surface area contributed by atoms with E-state index in [1.807, 2.05) is 36.4 Å². The van der Waals surface area contributed by atoms with Gasteiger partial charge in [0.05, 0.1) is 19.3 Å². The predicted molar refractivity (Wildman–Crippen MR) is 113 cm³/mol. The van der Waals surface area contributed by atoms with E-state index in [0.29, 0.717) is 12.2 Å². The van der Waals surface area contributed by atoms with Crippen molar-refractivity contribution in [2.75, 3.05) is 7.11 Å². The second-order valence-electron chi connectivity index (χ2n) is 6.98. The van der Waals surface area contributed by atoms with E-state index in [4.69, 9.17) is 4.74 Å². The van der Waals surface area contributed by atoms with Gasteiger partial charge in [-0.25, -0.2) is 4.79 Å². The number of benzene rings is 2. The number of carboxylic acids is 1. The Kier molecular flexibility index (Phi) is 5.08. The molecule has 1 N–H and O–H groups in total. The molecule has 0 unspecified atom stereocenters. The van der Waals surface area contributed by atoms with Crippen molar-refractivity contribution >= 4 is 16.9 Å². The van der Waals surface area contributed by atoms with Gasteiger partial charge in [-0.1, -0.05) is 37.3 Å². The number of ether oxygens (including phenoxy) is 1. The number of carboxylic acid groups (broad SMARTS) is 1. The van der Waals surface area contributed by atoms with Crippen molar-refractivity contribution in [3.63, 3.8) is 0 Å². The lowest BCUT2D eigenvalue weighted by molar-refractivity contribution is 0.0684. The normalized spacial score (nSPS) is 11.1. The number of carbonyl (C=O) groups is 1. The van der Waals surface area contributed by atoms with E-state index >= 15 is 0 Å². The first kappa shape index (κ1) is 18.8. The largest absolute Gasteiger partial charge is 0.497 e. The second-order valence-corrected chi connectivity index (χ2v) is 6.98. The lowest BCUT2D eigenvalue weighted by atomic mass is 10.1. The zero-order valence-electron chi connectivity index (χ0n) is 16.5. The van der Waals surface area contributed by atoms with Gasteiger partial charge in [0.2, 0.25) is 0 Å². The van der Waals surface area contributed by atoms with Gasteiger partial charge in [-0.15, -0.1) is 0 Å². The van der Waals surface area contributed by atoms with Crippen LogP contribution in [-0.2, 0) is 13.1 Å². The topological polar surface area (TPSA) is 69.3 Å². The summed E-state index contributed by atoms with van der Waals surface area (Å²) < 4.78 is 8.94. The number of para-hydroxylation sites is 1. The summed E-state index contributed by atoms with van der Waals surface area (Å²) in [6, 6.07) is 17.4. The quantitative estimate of drug-likeness (QED) is 0.499. The summed E-state index contributed by atoms with van der Waals surface area (Å²) in [5.41, 5.74) is 3.87. The van der Waals surface area contributed by atoms with E-state index in [-0.39, 0.29) is 5.69 Å². The van der Waals surface area contributed by atoms with E-state index in [0.717, 1.165) is 40.7 Å². The summed E-state index contributed by atoms with van der Waals surface area (Å²) in [5, 5.41) is 15.4. The van der Waals surface area contributed by atoms with Crippen LogP contribution in [0.4, 0.5) is 0 Å². The number of aromatic nitrogens is 3. The average Bonchev–Trinajstić information content (AvgIpc) is 3.31. The molecule has 0 radical (unpaired) electrons. The fraction of sp³-hybridized carbons (Fsp3) is 0.217. The molecule has 0 bridgehead atoms. The van der Waals surface area contributed by atoms with Crippen LogP contribution in [0.15, 0.2) is 60.8 Å². The van der Waals surface area contributed by atoms with Crippen molar-refractivity contribution in [2.45, 2.75) is 26.4 Å². The summed E-state index contributed by atoms with van der Waals surface area (Å²) in [5.74, 6) is -0.230. The van der Waals surface area contributed by atoms with Crippen molar-refractivity contribution in [1.82, 2.24) is 14.3 Å². The van der Waals surface area contributed by atoms with Crippen molar-refractivity contribution in [1.29, 1.82) is 0 Å². The summed E-state index contributed by atoms with van der Waals surface area (Å²) in [7, 11) is 1.62. The first-order valence-corrected chi connectivity index (χ1v) is 9.63. The Hall–Kier alpha value is -3.54. The van der Waals surface area contributed by atoms with E-state index in [1.54, 1.807) is 17.9 Å². The third-order valence-electron chi connectivity index (χ3n) is 5.02. The number of hydrogen-bond acceptors (Lipinski definition) is 3. The SMILES string of the molecule is CCCn1cc(-c2cc(C(=O)O)n(Cc3ccc(OC)cc3)n2)c2ccccc21. The highest BCUT2D eigenvalue weighted by molar-refractivity contribution is 5.96. The Morgan fingerprint density at radius 3 is 2.59 bits per heavy atom. The minimum Gasteiger partial charge on any atom is -0.497 e. The maximum absolute atomic E-state index is 11.8. The van der Waals surface area contributed by atoms with Crippen LogP contribution in [0.1, 0.15) is 29.4 Å². The molecule has 0 aliphatic heterocycles. The van der Waals surface area contributed by atoms with Gasteiger partial charge in [0.1, 0.15) is 11.4 Å². The molecule has 0 saturated heterocycles. The molecule has 0 aliphatic rings. The molecule has 2 aromatic heterocycles. The van der Waals surface area contributed by atoms with Crippen molar-refractivity contribution < 1.29 is 14.6 Å². The van der Waals surface area contributed by atoms with Gasteiger partial charge in [0, 0.05) is 29.2 Å². The van der Waals surface area contributed by atoms with Crippen LogP contribution in [0, 0.1) is 0 Å². The molecule has 0 saturated carbocycles. The number of aromatic carboxylic acids is 1. The lowest BCUT2D eigenvalue weighted by Gasteiger charge is -2.06. The molecule has 2 aromatic carbocycles. The standard InChI is InChI=1S/C23H23N3O3/c1-3-12-25-15-19(18-6-4-5-7-21(18)25)20-13-22(23(27)28)26(24-20)14-16-8-10-17(29-2)11-9-16/h4-11,13,15H,3,12,14H2,1-2H3,(H,27,28). The van der Waals surface area contributed by atoms with E-state index in [2.05, 4.69) is 34.9 Å². The summed E-state index contributed by atoms with van der Waals surface area (Å²) in [6.07, 6.45) is 3.09. The Balaban J connectivity index is 1.77. The second kappa shape index (κ2) is 7.83. The van der Waals surface area contributed by atoms with Crippen LogP contribution in [0.2, 0.25) is 0 Å². The lowest BCUT2D eigenvalue weighted by Crippen LogP contribution is -2.10. The van der Waals surface area contributed by atoms with Gasteiger partial charge >= 0.3 is 5.97 Å². The molecule has 2 heterocycles. The maximum Gasteiger partial charge on any atom is 0.354 e. The molecule has 148 valence electrons. The first-order valence-electron chi connectivity index (χ1n) is 9.63. The molecule has 0 atom stereocenters. The minimum atomic E-state index is -0.991. The van der Waals surface area contributed by atoms with Gasteiger partial charge < -0.3 is 14.4 Å². The summed E-state index contributed by atoms with van der Waals surface area (Å²) in [6.45, 7) is 3.42. The molecule has 6 nitrogen and oxygen atoms in total. The van der Waals surface area contributed by atoms with Crippen molar-refractivity contribution in [3.8, 4) is 17.0 Å². The molecule has 4 rings (SSSR count). The molecule has 6 heteroatoms. The van der Waals surface area contributed by atoms with Gasteiger partial charge in [-0.3, -0.25) is 4.68 Å². The number of nitrogens with zero attached hydrogens (tertiary/aromatic N) is 3. The average molecular weight is 389 g/mol. The van der Waals surface area contributed by atoms with Gasteiger partial charge in [0.15, 0.2) is 0 Å². The Bertz CT molecular complexity index is 1160. The highest BCUT2D eigenvalue weighted by Crippen LogP contribution is 2.31. The molecule has 4 aromatic rings. The third kappa shape index (κ3) is 3.61. The number of fused-ring (bicyclic) bond motifs is 1. The fourth-order valence-electron chi connectivity index (χ4n) is 3.62. The molecule has 0 amide bonds. The number of rotatable bonds is 7. The van der Waals surface area contributed by atoms with E-state index in [1.165, 1.54) is 0 Å². The fourth-order valence-corrected chi connectivity index (χ4v) is 3.62. The smallest absolute Gasteiger partial charge is 0.354 e. The number of aryl methyl sites for hydroxylation is 1. The van der Waals surface area contributed by atoms with Crippen LogP contribution in [-0.4, -0.2) is 32.5 Å². The van der Waals surface area contributed by atoms with Crippen molar-refractivity contribution in [2.24, 2.45) is 0 Å². The van der Waals surface area contributed by atoms with Crippen LogP contribution in [0.3, 0.4) is 0 Å². The molecule has 0 fully saturated rings. The third-order valence-corrected chi connectivity index (χ3v) is 5.02. The summed E-state index contributed by atoms with van der Waals surface area (Å²) >= 11 is 0. The summed E-state index contributed by atoms with van der Waals surface area (Å²) in [4.78, 5) is 11.8. The zero-order valence-corrected chi connectivity index (χ0v) is 16.5. The highest BCUT2D eigenvalue weighted by Gasteiger charge is 2.19. The number of hydrogen-bond donors (Lipinski definition) is 1. The van der Waals surface area contributed by atoms with Crippen LogP contribution in [0.5, 0.6) is 5.75 Å². The van der Waals surface area contributed by atoms with E-state index < -0.39 is 5.97 Å². The minimum absolute atomic E-state index is 0.170. The molecule has 0 aliphatic carbocycles. The number of methoxy groups -OCH3 is 1. The highest BCUT2D eigenvalue weighted by atomic mass is 16.5. The zero-order chi connectivity index (χ0) is 20.4. The van der Waals surface area contributed by atoms with Crippen LogP contribution >= 0.6 is 0 Å². The monoisotopic (exact) mass is 389 g/mol.